The van der Waals surface area contributed by atoms with Gasteiger partial charge in [-0.25, -0.2) is 0 Å². The Balaban J connectivity index is 1.69. The molecule has 0 unspecified atom stereocenters. The van der Waals surface area contributed by atoms with Gasteiger partial charge in [-0.05, 0) is 37.1 Å². The number of ether oxygens (including phenoxy) is 1. The van der Waals surface area contributed by atoms with Crippen molar-refractivity contribution in [3.63, 3.8) is 0 Å². The highest BCUT2D eigenvalue weighted by Gasteiger charge is 2.35. The van der Waals surface area contributed by atoms with Gasteiger partial charge in [-0.2, -0.15) is 4.98 Å². The second-order valence-corrected chi connectivity index (χ2v) is 5.05. The molecule has 1 saturated heterocycles. The fourth-order valence-corrected chi connectivity index (χ4v) is 2.22. The van der Waals surface area contributed by atoms with E-state index in [1.165, 1.54) is 6.39 Å². The van der Waals surface area contributed by atoms with E-state index in [0.717, 1.165) is 5.56 Å². The molecule has 1 aromatic heterocycles. The number of anilines is 1. The van der Waals surface area contributed by atoms with Crippen molar-refractivity contribution in [2.24, 2.45) is 5.73 Å². The standard InChI is InChI=1S/C14H16N4O3/c15-14(5-7-20-8-6-14)13(19)17-11-3-1-10(2-4-11)12-16-9-21-18-12/h1-4,9H,5-8,15H2,(H,17,19). The molecule has 0 bridgehead atoms. The van der Waals surface area contributed by atoms with E-state index in [1.807, 2.05) is 12.1 Å². The molecular formula is C14H16N4O3. The van der Waals surface area contributed by atoms with Crippen LogP contribution >= 0.6 is 0 Å². The number of nitrogens with two attached hydrogens (primary N) is 1. The Hall–Kier alpha value is -2.25. The molecule has 2 aromatic rings. The second-order valence-electron chi connectivity index (χ2n) is 5.05. The van der Waals surface area contributed by atoms with Crippen LogP contribution in [0.15, 0.2) is 35.2 Å². The second kappa shape index (κ2) is 5.63. The van der Waals surface area contributed by atoms with Crippen molar-refractivity contribution < 1.29 is 14.1 Å². The fourth-order valence-electron chi connectivity index (χ4n) is 2.22. The summed E-state index contributed by atoms with van der Waals surface area (Å²) in [6, 6.07) is 7.19. The van der Waals surface area contributed by atoms with Crippen LogP contribution in [0, 0.1) is 0 Å². The summed E-state index contributed by atoms with van der Waals surface area (Å²) in [5.41, 5.74) is 6.78. The minimum Gasteiger partial charge on any atom is -0.381 e. The third kappa shape index (κ3) is 2.93. The van der Waals surface area contributed by atoms with Crippen molar-refractivity contribution in [1.82, 2.24) is 10.1 Å². The molecule has 7 heteroatoms. The zero-order valence-corrected chi connectivity index (χ0v) is 11.4. The SMILES string of the molecule is NC1(C(=O)Nc2ccc(-c3ncon3)cc2)CCOCC1. The van der Waals surface area contributed by atoms with Gasteiger partial charge in [0.25, 0.3) is 0 Å². The van der Waals surface area contributed by atoms with Crippen molar-refractivity contribution in [3.8, 4) is 11.4 Å². The van der Waals surface area contributed by atoms with Crippen LogP contribution in [-0.2, 0) is 9.53 Å². The van der Waals surface area contributed by atoms with Crippen molar-refractivity contribution in [2.45, 2.75) is 18.4 Å². The van der Waals surface area contributed by atoms with Crippen LogP contribution in [0.3, 0.4) is 0 Å². The molecular weight excluding hydrogens is 272 g/mol. The van der Waals surface area contributed by atoms with Gasteiger partial charge in [0.05, 0.1) is 0 Å². The Labute approximate surface area is 121 Å². The van der Waals surface area contributed by atoms with Gasteiger partial charge < -0.3 is 20.3 Å². The van der Waals surface area contributed by atoms with E-state index in [4.69, 9.17) is 15.0 Å². The van der Waals surface area contributed by atoms with E-state index in [-0.39, 0.29) is 5.91 Å². The molecule has 1 fully saturated rings. The third-order valence-corrected chi connectivity index (χ3v) is 3.60. The van der Waals surface area contributed by atoms with Crippen LogP contribution in [0.4, 0.5) is 5.69 Å². The van der Waals surface area contributed by atoms with E-state index in [2.05, 4.69) is 15.5 Å². The molecule has 0 atom stereocenters. The highest BCUT2D eigenvalue weighted by Crippen LogP contribution is 2.22. The zero-order valence-electron chi connectivity index (χ0n) is 11.4. The highest BCUT2D eigenvalue weighted by molar-refractivity contribution is 5.98. The number of hydrogen-bond acceptors (Lipinski definition) is 6. The van der Waals surface area contributed by atoms with Crippen LogP contribution in [0.25, 0.3) is 11.4 Å². The van der Waals surface area contributed by atoms with Gasteiger partial charge in [-0.15, -0.1) is 0 Å². The quantitative estimate of drug-likeness (QED) is 0.879. The minimum atomic E-state index is -0.857. The van der Waals surface area contributed by atoms with Crippen LogP contribution < -0.4 is 11.1 Å². The van der Waals surface area contributed by atoms with Crippen LogP contribution in [0.1, 0.15) is 12.8 Å². The Kier molecular flexibility index (Phi) is 3.68. The number of nitrogens with zero attached hydrogens (tertiary/aromatic N) is 2. The molecule has 1 aliphatic heterocycles. The zero-order chi connectivity index (χ0) is 14.7. The minimum absolute atomic E-state index is 0.182. The van der Waals surface area contributed by atoms with Gasteiger partial charge in [0, 0.05) is 24.5 Å². The largest absolute Gasteiger partial charge is 0.381 e. The lowest BCUT2D eigenvalue weighted by atomic mass is 9.90. The summed E-state index contributed by atoms with van der Waals surface area (Å²) in [5.74, 6) is 0.325. The molecule has 0 spiro atoms. The Morgan fingerprint density at radius 2 is 1.95 bits per heavy atom. The molecule has 21 heavy (non-hydrogen) atoms. The average molecular weight is 288 g/mol. The fraction of sp³-hybridized carbons (Fsp3) is 0.357. The monoisotopic (exact) mass is 288 g/mol. The van der Waals surface area contributed by atoms with E-state index in [9.17, 15) is 4.79 Å². The van der Waals surface area contributed by atoms with E-state index < -0.39 is 5.54 Å². The number of carbonyl (C=O) groups excluding carboxylic acids is 1. The first kappa shape index (κ1) is 13.7. The Bertz CT molecular complexity index is 604. The lowest BCUT2D eigenvalue weighted by Gasteiger charge is -2.31. The molecule has 0 aliphatic carbocycles. The number of amides is 1. The smallest absolute Gasteiger partial charge is 0.244 e. The van der Waals surface area contributed by atoms with Gasteiger partial charge in [-0.3, -0.25) is 4.79 Å². The van der Waals surface area contributed by atoms with Crippen LogP contribution in [0.5, 0.6) is 0 Å². The van der Waals surface area contributed by atoms with Crippen molar-refractivity contribution in [3.05, 3.63) is 30.7 Å². The maximum absolute atomic E-state index is 12.3. The number of hydrogen-bond donors (Lipinski definition) is 2. The summed E-state index contributed by atoms with van der Waals surface area (Å²) in [7, 11) is 0. The molecule has 0 saturated carbocycles. The average Bonchev–Trinajstić information content (AvgIpc) is 3.03. The summed E-state index contributed by atoms with van der Waals surface area (Å²) in [4.78, 5) is 16.2. The lowest BCUT2D eigenvalue weighted by molar-refractivity contribution is -0.124. The number of rotatable bonds is 3. The molecule has 1 aromatic carbocycles. The molecule has 1 amide bonds. The molecule has 3 N–H and O–H groups in total. The van der Waals surface area contributed by atoms with Gasteiger partial charge in [-0.1, -0.05) is 5.16 Å². The molecule has 1 aliphatic rings. The molecule has 3 rings (SSSR count). The molecule has 0 radical (unpaired) electrons. The summed E-state index contributed by atoms with van der Waals surface area (Å²) < 4.78 is 9.94. The highest BCUT2D eigenvalue weighted by atomic mass is 16.5. The van der Waals surface area contributed by atoms with E-state index in [1.54, 1.807) is 12.1 Å². The first-order valence-electron chi connectivity index (χ1n) is 6.72. The van der Waals surface area contributed by atoms with Crippen molar-refractivity contribution >= 4 is 11.6 Å². The predicted molar refractivity (Wildman–Crippen MR) is 75.3 cm³/mol. The van der Waals surface area contributed by atoms with E-state index >= 15 is 0 Å². The molecule has 2 heterocycles. The first-order valence-corrected chi connectivity index (χ1v) is 6.72. The molecule has 110 valence electrons. The topological polar surface area (TPSA) is 103 Å². The maximum atomic E-state index is 12.3. The van der Waals surface area contributed by atoms with Gasteiger partial charge in [0.1, 0.15) is 5.54 Å². The van der Waals surface area contributed by atoms with Crippen molar-refractivity contribution in [1.29, 1.82) is 0 Å². The summed E-state index contributed by atoms with van der Waals surface area (Å²) >= 11 is 0. The van der Waals surface area contributed by atoms with Crippen LogP contribution in [-0.4, -0.2) is 34.8 Å². The maximum Gasteiger partial charge on any atom is 0.244 e. The van der Waals surface area contributed by atoms with Crippen LogP contribution in [0.2, 0.25) is 0 Å². The number of nitrogens with one attached hydrogen (secondary N) is 1. The summed E-state index contributed by atoms with van der Waals surface area (Å²) in [6.45, 7) is 1.03. The number of aromatic nitrogens is 2. The Morgan fingerprint density at radius 1 is 1.24 bits per heavy atom. The van der Waals surface area contributed by atoms with Gasteiger partial charge in [0.2, 0.25) is 18.1 Å². The summed E-state index contributed by atoms with van der Waals surface area (Å²) in [6.07, 6.45) is 2.33. The third-order valence-electron chi connectivity index (χ3n) is 3.60. The number of benzene rings is 1. The summed E-state index contributed by atoms with van der Waals surface area (Å²) in [5, 5.41) is 6.60. The molecule has 7 nitrogen and oxygen atoms in total. The van der Waals surface area contributed by atoms with E-state index in [0.29, 0.717) is 37.6 Å². The first-order chi connectivity index (χ1) is 10.2. The van der Waals surface area contributed by atoms with Gasteiger partial charge >= 0.3 is 0 Å². The van der Waals surface area contributed by atoms with Crippen molar-refractivity contribution in [2.75, 3.05) is 18.5 Å². The predicted octanol–water partition coefficient (Wildman–Crippen LogP) is 1.18. The normalized spacial score (nSPS) is 17.4. The number of carbonyl (C=O) groups is 1. The lowest BCUT2D eigenvalue weighted by Crippen LogP contribution is -2.54. The van der Waals surface area contributed by atoms with Gasteiger partial charge in [0.15, 0.2) is 0 Å². The Morgan fingerprint density at radius 3 is 2.57 bits per heavy atom.